The first-order chi connectivity index (χ1) is 12.6. The van der Waals surface area contributed by atoms with Crippen LogP contribution in [-0.2, 0) is 11.3 Å². The Morgan fingerprint density at radius 1 is 1.31 bits per heavy atom. The summed E-state index contributed by atoms with van der Waals surface area (Å²) in [5, 5.41) is 4.06. The molecule has 138 valence electrons. The fourth-order valence-corrected chi connectivity index (χ4v) is 3.09. The van der Waals surface area contributed by atoms with Crippen LogP contribution in [0.2, 0.25) is 5.02 Å². The van der Waals surface area contributed by atoms with Crippen molar-refractivity contribution in [2.45, 2.75) is 26.4 Å². The molecule has 1 aliphatic rings. The van der Waals surface area contributed by atoms with Crippen molar-refractivity contribution in [1.29, 1.82) is 0 Å². The molecule has 26 heavy (non-hydrogen) atoms. The van der Waals surface area contributed by atoms with Crippen molar-refractivity contribution in [1.82, 2.24) is 14.9 Å². The van der Waals surface area contributed by atoms with Crippen molar-refractivity contribution < 1.29 is 9.53 Å². The molecule has 1 aliphatic heterocycles. The number of benzene rings is 1. The summed E-state index contributed by atoms with van der Waals surface area (Å²) in [6.07, 6.45) is 5.00. The summed E-state index contributed by atoms with van der Waals surface area (Å²) in [5.74, 6) is 1.40. The van der Waals surface area contributed by atoms with Crippen LogP contribution >= 0.6 is 11.6 Å². The van der Waals surface area contributed by atoms with Gasteiger partial charge in [-0.25, -0.2) is 14.8 Å². The van der Waals surface area contributed by atoms with E-state index in [1.54, 1.807) is 29.6 Å². The quantitative estimate of drug-likeness (QED) is 0.859. The first-order valence-corrected chi connectivity index (χ1v) is 9.16. The van der Waals surface area contributed by atoms with Gasteiger partial charge in [-0.15, -0.1) is 0 Å². The van der Waals surface area contributed by atoms with Gasteiger partial charge in [-0.3, -0.25) is 0 Å². The van der Waals surface area contributed by atoms with E-state index in [4.69, 9.17) is 16.3 Å². The molecule has 0 saturated carbocycles. The van der Waals surface area contributed by atoms with E-state index < -0.39 is 0 Å². The van der Waals surface area contributed by atoms with Gasteiger partial charge in [0.15, 0.2) is 0 Å². The molecule has 2 heterocycles. The zero-order valence-electron chi connectivity index (χ0n) is 14.8. The zero-order valence-corrected chi connectivity index (χ0v) is 15.6. The Morgan fingerprint density at radius 2 is 2.04 bits per heavy atom. The first kappa shape index (κ1) is 18.5. The number of aromatic nitrogens is 2. The molecule has 0 bridgehead atoms. The second-order valence-electron chi connectivity index (χ2n) is 6.55. The van der Waals surface area contributed by atoms with Crippen LogP contribution in [-0.4, -0.2) is 40.6 Å². The van der Waals surface area contributed by atoms with E-state index in [9.17, 15) is 4.79 Å². The molecule has 0 atom stereocenters. The maximum Gasteiger partial charge on any atom is 0.410 e. The van der Waals surface area contributed by atoms with E-state index in [-0.39, 0.29) is 12.7 Å². The Hall–Kier alpha value is -2.34. The number of rotatable bonds is 5. The topological polar surface area (TPSA) is 67.4 Å². The molecule has 1 amide bonds. The first-order valence-electron chi connectivity index (χ1n) is 8.78. The third-order valence-electron chi connectivity index (χ3n) is 4.60. The molecule has 2 aromatic rings. The monoisotopic (exact) mass is 374 g/mol. The van der Waals surface area contributed by atoms with E-state index in [1.165, 1.54) is 0 Å². The molecule has 0 unspecified atom stereocenters. The fraction of sp³-hybridized carbons (Fsp3) is 0.421. The number of amides is 1. The normalized spacial score (nSPS) is 14.9. The Morgan fingerprint density at radius 3 is 2.73 bits per heavy atom. The number of likely N-dealkylation sites (tertiary alicyclic amines) is 1. The third kappa shape index (κ3) is 5.08. The highest BCUT2D eigenvalue weighted by atomic mass is 35.5. The molecule has 7 heteroatoms. The number of aryl methyl sites for hydroxylation is 1. The maximum atomic E-state index is 12.2. The molecular formula is C19H23ClN4O2. The molecule has 0 spiro atoms. The minimum absolute atomic E-state index is 0.252. The number of hydrogen-bond donors (Lipinski definition) is 1. The van der Waals surface area contributed by atoms with Crippen LogP contribution in [0, 0.1) is 12.8 Å². The van der Waals surface area contributed by atoms with Gasteiger partial charge in [0.05, 0.1) is 0 Å². The lowest BCUT2D eigenvalue weighted by Gasteiger charge is -2.31. The van der Waals surface area contributed by atoms with Crippen LogP contribution in [0.15, 0.2) is 36.8 Å². The summed E-state index contributed by atoms with van der Waals surface area (Å²) in [6.45, 7) is 4.54. The minimum atomic E-state index is -0.252. The second kappa shape index (κ2) is 8.85. The summed E-state index contributed by atoms with van der Waals surface area (Å²) >= 11 is 5.86. The predicted molar refractivity (Wildman–Crippen MR) is 101 cm³/mol. The van der Waals surface area contributed by atoms with Crippen LogP contribution < -0.4 is 5.32 Å². The molecule has 3 rings (SSSR count). The van der Waals surface area contributed by atoms with Crippen LogP contribution in [0.1, 0.15) is 24.0 Å². The lowest BCUT2D eigenvalue weighted by Crippen LogP contribution is -2.40. The van der Waals surface area contributed by atoms with Crippen LogP contribution in [0.4, 0.5) is 10.6 Å². The van der Waals surface area contributed by atoms with Crippen LogP contribution in [0.5, 0.6) is 0 Å². The number of anilines is 1. The molecule has 6 nitrogen and oxygen atoms in total. The number of halogens is 1. The highest BCUT2D eigenvalue weighted by molar-refractivity contribution is 6.30. The van der Waals surface area contributed by atoms with Gasteiger partial charge in [-0.05, 0) is 43.4 Å². The fourth-order valence-electron chi connectivity index (χ4n) is 2.96. The molecule has 1 N–H and O–H groups in total. The zero-order chi connectivity index (χ0) is 18.4. The third-order valence-corrected chi connectivity index (χ3v) is 4.85. The van der Waals surface area contributed by atoms with Gasteiger partial charge in [-0.1, -0.05) is 23.7 Å². The Kier molecular flexibility index (Phi) is 6.28. The second-order valence-corrected chi connectivity index (χ2v) is 6.98. The maximum absolute atomic E-state index is 12.2. The molecule has 0 aliphatic carbocycles. The highest BCUT2D eigenvalue weighted by Gasteiger charge is 2.23. The standard InChI is InChI=1S/C19H23ClN4O2/c1-14-10-21-13-23-18(14)22-11-15-6-8-24(9-7-15)19(25)26-12-16-2-4-17(20)5-3-16/h2-5,10,13,15H,6-9,11-12H2,1H3,(H,21,22,23). The van der Waals surface area contributed by atoms with Gasteiger partial charge < -0.3 is 15.0 Å². The lowest BCUT2D eigenvalue weighted by atomic mass is 9.97. The molecule has 0 radical (unpaired) electrons. The summed E-state index contributed by atoms with van der Waals surface area (Å²) in [6, 6.07) is 7.32. The molecule has 1 aromatic heterocycles. The van der Waals surface area contributed by atoms with Crippen LogP contribution in [0.25, 0.3) is 0 Å². The van der Waals surface area contributed by atoms with Gasteiger partial charge in [-0.2, -0.15) is 0 Å². The van der Waals surface area contributed by atoms with Crippen molar-refractivity contribution in [3.05, 3.63) is 52.9 Å². The van der Waals surface area contributed by atoms with Gasteiger partial charge in [0.25, 0.3) is 0 Å². The average molecular weight is 375 g/mol. The number of nitrogens with zero attached hydrogens (tertiary/aromatic N) is 3. The van der Waals surface area contributed by atoms with Crippen molar-refractivity contribution in [2.24, 2.45) is 5.92 Å². The number of carbonyl (C=O) groups excluding carboxylic acids is 1. The summed E-state index contributed by atoms with van der Waals surface area (Å²) in [5.41, 5.74) is 1.97. The number of ether oxygens (including phenoxy) is 1. The molecule has 1 saturated heterocycles. The largest absolute Gasteiger partial charge is 0.445 e. The summed E-state index contributed by atoms with van der Waals surface area (Å²) in [4.78, 5) is 22.2. The van der Waals surface area contributed by atoms with E-state index in [0.29, 0.717) is 24.0 Å². The lowest BCUT2D eigenvalue weighted by molar-refractivity contribution is 0.0832. The van der Waals surface area contributed by atoms with Crippen molar-refractivity contribution in [3.8, 4) is 0 Å². The minimum Gasteiger partial charge on any atom is -0.445 e. The summed E-state index contributed by atoms with van der Waals surface area (Å²) < 4.78 is 5.40. The van der Waals surface area contributed by atoms with Gasteiger partial charge in [0, 0.05) is 36.4 Å². The van der Waals surface area contributed by atoms with E-state index >= 15 is 0 Å². The highest BCUT2D eigenvalue weighted by Crippen LogP contribution is 2.19. The van der Waals surface area contributed by atoms with E-state index in [1.807, 2.05) is 19.1 Å². The smallest absolute Gasteiger partial charge is 0.410 e. The van der Waals surface area contributed by atoms with Gasteiger partial charge in [0.2, 0.25) is 0 Å². The molecule has 1 fully saturated rings. The Bertz CT molecular complexity index is 731. The Balaban J connectivity index is 1.39. The summed E-state index contributed by atoms with van der Waals surface area (Å²) in [7, 11) is 0. The van der Waals surface area contributed by atoms with Crippen molar-refractivity contribution in [3.63, 3.8) is 0 Å². The Labute approximate surface area is 158 Å². The van der Waals surface area contributed by atoms with E-state index in [2.05, 4.69) is 15.3 Å². The number of piperidine rings is 1. The SMILES string of the molecule is Cc1cncnc1NCC1CCN(C(=O)OCc2ccc(Cl)cc2)CC1. The predicted octanol–water partition coefficient (Wildman–Crippen LogP) is 3.90. The number of nitrogens with one attached hydrogen (secondary N) is 1. The number of carbonyl (C=O) groups is 1. The number of hydrogen-bond acceptors (Lipinski definition) is 5. The van der Waals surface area contributed by atoms with E-state index in [0.717, 1.165) is 36.3 Å². The van der Waals surface area contributed by atoms with Crippen molar-refractivity contribution >= 4 is 23.5 Å². The molecular weight excluding hydrogens is 352 g/mol. The molecule has 1 aromatic carbocycles. The van der Waals surface area contributed by atoms with Gasteiger partial charge >= 0.3 is 6.09 Å². The average Bonchev–Trinajstić information content (AvgIpc) is 2.67. The van der Waals surface area contributed by atoms with Crippen LogP contribution in [0.3, 0.4) is 0 Å². The van der Waals surface area contributed by atoms with Gasteiger partial charge in [0.1, 0.15) is 18.8 Å². The van der Waals surface area contributed by atoms with Crippen molar-refractivity contribution in [2.75, 3.05) is 25.0 Å².